The molecule has 0 saturated heterocycles. The third kappa shape index (κ3) is 24.0. The van der Waals surface area contributed by atoms with Crippen molar-refractivity contribution in [1.29, 1.82) is 0 Å². The molecule has 0 saturated carbocycles. The van der Waals surface area contributed by atoms with E-state index in [1.54, 1.807) is 0 Å². The zero-order valence-corrected chi connectivity index (χ0v) is 18.9. The molecule has 0 aromatic rings. The number of carbonyl (C=O) groups is 2. The zero-order valence-electron chi connectivity index (χ0n) is 18.9. The number of hydrogen-bond acceptors (Lipinski definition) is 6. The van der Waals surface area contributed by atoms with Crippen molar-refractivity contribution in [1.82, 2.24) is 0 Å². The van der Waals surface area contributed by atoms with Crippen molar-refractivity contribution in [3.05, 3.63) is 48.6 Å². The summed E-state index contributed by atoms with van der Waals surface area (Å²) in [4.78, 5) is 22.2. The lowest BCUT2D eigenvalue weighted by Gasteiger charge is -2.10. The average molecular weight is 437 g/mol. The largest absolute Gasteiger partial charge is 0.463 e. The van der Waals surface area contributed by atoms with Gasteiger partial charge in [0.2, 0.25) is 0 Å². The normalized spacial score (nSPS) is 13.0. The molecule has 2 N–H and O–H groups in total. The van der Waals surface area contributed by atoms with E-state index in [0.29, 0.717) is 19.4 Å². The zero-order chi connectivity index (χ0) is 23.0. The highest BCUT2D eigenvalue weighted by atomic mass is 16.6. The van der Waals surface area contributed by atoms with Gasteiger partial charge in [0.25, 0.3) is 0 Å². The lowest BCUT2D eigenvalue weighted by atomic mass is 10.2. The maximum Gasteiger partial charge on any atom is 0.305 e. The molecule has 6 heteroatoms. The number of carbonyl (C=O) groups excluding carboxylic acids is 2. The Morgan fingerprint density at radius 2 is 1.26 bits per heavy atom. The fourth-order valence-electron chi connectivity index (χ4n) is 2.49. The van der Waals surface area contributed by atoms with Crippen LogP contribution in [0.15, 0.2) is 48.6 Å². The van der Waals surface area contributed by atoms with Gasteiger partial charge in [-0.25, -0.2) is 0 Å². The Kier molecular flexibility index (Phi) is 20.9. The van der Waals surface area contributed by atoms with Crippen LogP contribution in [0.25, 0.3) is 0 Å². The highest BCUT2D eigenvalue weighted by Crippen LogP contribution is 2.02. The lowest BCUT2D eigenvalue weighted by Crippen LogP contribution is -2.24. The van der Waals surface area contributed by atoms with E-state index in [1.165, 1.54) is 6.92 Å². The minimum Gasteiger partial charge on any atom is -0.463 e. The molecule has 0 rings (SSSR count). The predicted molar refractivity (Wildman–Crippen MR) is 123 cm³/mol. The fourth-order valence-corrected chi connectivity index (χ4v) is 2.49. The van der Waals surface area contributed by atoms with Crippen LogP contribution >= 0.6 is 0 Å². The Bertz CT molecular complexity index is 562. The molecule has 0 aliphatic heterocycles. The Hall–Kier alpha value is -2.18. The summed E-state index contributed by atoms with van der Waals surface area (Å²) in [5.74, 6) is -0.840. The van der Waals surface area contributed by atoms with Crippen LogP contribution in [0.5, 0.6) is 0 Å². The second-order valence-corrected chi connectivity index (χ2v) is 7.20. The van der Waals surface area contributed by atoms with Gasteiger partial charge < -0.3 is 19.7 Å². The molecule has 176 valence electrons. The van der Waals surface area contributed by atoms with Crippen molar-refractivity contribution < 1.29 is 29.3 Å². The predicted octanol–water partition coefficient (Wildman–Crippen LogP) is 4.57. The number of ether oxygens (including phenoxy) is 2. The summed E-state index contributed by atoms with van der Waals surface area (Å²) in [7, 11) is 0. The minimum absolute atomic E-state index is 0.164. The van der Waals surface area contributed by atoms with Crippen LogP contribution in [-0.4, -0.2) is 48.1 Å². The second-order valence-electron chi connectivity index (χ2n) is 7.20. The van der Waals surface area contributed by atoms with Crippen LogP contribution in [0.4, 0.5) is 0 Å². The van der Waals surface area contributed by atoms with Gasteiger partial charge in [-0.2, -0.15) is 0 Å². The first-order chi connectivity index (χ1) is 15.1. The fraction of sp³-hybridized carbons (Fsp3) is 0.600. The molecule has 0 aromatic carbocycles. The van der Waals surface area contributed by atoms with E-state index >= 15 is 0 Å². The molecular formula is C25H40O6. The molecule has 0 aromatic heterocycles. The summed E-state index contributed by atoms with van der Waals surface area (Å²) >= 11 is 0. The molecular weight excluding hydrogens is 396 g/mol. The number of allylic oxidation sites excluding steroid dienone is 8. The van der Waals surface area contributed by atoms with Gasteiger partial charge in [0.15, 0.2) is 0 Å². The molecule has 1 atom stereocenters. The van der Waals surface area contributed by atoms with E-state index in [2.05, 4.69) is 47.3 Å². The van der Waals surface area contributed by atoms with E-state index < -0.39 is 12.1 Å². The van der Waals surface area contributed by atoms with Crippen LogP contribution < -0.4 is 0 Å². The van der Waals surface area contributed by atoms with Crippen LogP contribution in [0.3, 0.4) is 0 Å². The highest BCUT2D eigenvalue weighted by Gasteiger charge is 2.09. The van der Waals surface area contributed by atoms with Gasteiger partial charge in [-0.05, 0) is 51.4 Å². The molecule has 0 aliphatic carbocycles. The van der Waals surface area contributed by atoms with Crippen molar-refractivity contribution in [2.24, 2.45) is 0 Å². The van der Waals surface area contributed by atoms with E-state index in [-0.39, 0.29) is 19.2 Å². The first-order valence-electron chi connectivity index (χ1n) is 11.2. The SMILES string of the molecule is CC(=O)OC[C@H](O)COC(=O)CCC/C=C\C/C=C\C/C=C\C/C=C\CCCCCO. The van der Waals surface area contributed by atoms with Crippen LogP contribution in [0, 0.1) is 0 Å². The molecule has 31 heavy (non-hydrogen) atoms. The Balaban J connectivity index is 3.55. The summed E-state index contributed by atoms with van der Waals surface area (Å²) < 4.78 is 9.56. The van der Waals surface area contributed by atoms with Crippen molar-refractivity contribution in [3.8, 4) is 0 Å². The summed E-state index contributed by atoms with van der Waals surface area (Å²) in [6.07, 6.45) is 24.9. The maximum absolute atomic E-state index is 11.6. The average Bonchev–Trinajstić information content (AvgIpc) is 2.75. The van der Waals surface area contributed by atoms with E-state index in [0.717, 1.165) is 51.4 Å². The Morgan fingerprint density at radius 3 is 1.81 bits per heavy atom. The van der Waals surface area contributed by atoms with Gasteiger partial charge in [-0.1, -0.05) is 55.0 Å². The minimum atomic E-state index is -0.987. The second kappa shape index (κ2) is 22.5. The van der Waals surface area contributed by atoms with Gasteiger partial charge in [-0.15, -0.1) is 0 Å². The Morgan fingerprint density at radius 1 is 0.742 bits per heavy atom. The van der Waals surface area contributed by atoms with Gasteiger partial charge in [0.1, 0.15) is 19.3 Å². The van der Waals surface area contributed by atoms with Crippen molar-refractivity contribution in [2.75, 3.05) is 19.8 Å². The molecule has 0 radical (unpaired) electrons. The third-order valence-electron chi connectivity index (χ3n) is 4.18. The summed E-state index contributed by atoms with van der Waals surface area (Å²) in [6.45, 7) is 1.21. The number of rotatable bonds is 19. The maximum atomic E-state index is 11.6. The molecule has 0 amide bonds. The molecule has 0 aliphatic rings. The molecule has 6 nitrogen and oxygen atoms in total. The number of aliphatic hydroxyl groups excluding tert-OH is 2. The van der Waals surface area contributed by atoms with Gasteiger partial charge in [-0.3, -0.25) is 9.59 Å². The van der Waals surface area contributed by atoms with Gasteiger partial charge >= 0.3 is 11.9 Å². The van der Waals surface area contributed by atoms with E-state index in [9.17, 15) is 14.7 Å². The smallest absolute Gasteiger partial charge is 0.305 e. The van der Waals surface area contributed by atoms with Crippen LogP contribution in [0.1, 0.15) is 71.1 Å². The first-order valence-corrected chi connectivity index (χ1v) is 11.2. The summed E-state index contributed by atoms with van der Waals surface area (Å²) in [6, 6.07) is 0. The number of esters is 2. The monoisotopic (exact) mass is 436 g/mol. The summed E-state index contributed by atoms with van der Waals surface area (Å²) in [5.41, 5.74) is 0. The molecule has 0 fully saturated rings. The van der Waals surface area contributed by atoms with Crippen LogP contribution in [-0.2, 0) is 19.1 Å². The molecule has 0 spiro atoms. The quantitative estimate of drug-likeness (QED) is 0.175. The topological polar surface area (TPSA) is 93.1 Å². The van der Waals surface area contributed by atoms with Crippen molar-refractivity contribution >= 4 is 11.9 Å². The standard InChI is InChI=1S/C25H40O6/c1-23(27)30-21-24(28)22-31-25(29)19-17-15-13-11-9-7-5-3-2-4-6-8-10-12-14-16-18-20-26/h2,4-5,7-8,10-11,13,24,26,28H,3,6,9,12,14-22H2,1H3/b4-2-,7-5-,10-8-,13-11-/t24-/m0/s1. The van der Waals surface area contributed by atoms with Gasteiger partial charge in [0.05, 0.1) is 0 Å². The van der Waals surface area contributed by atoms with E-state index in [1.807, 2.05) is 6.08 Å². The number of aliphatic hydroxyl groups is 2. The first kappa shape index (κ1) is 28.8. The summed E-state index contributed by atoms with van der Waals surface area (Å²) in [5, 5.41) is 18.2. The molecule has 0 bridgehead atoms. The van der Waals surface area contributed by atoms with Crippen molar-refractivity contribution in [2.45, 2.75) is 77.2 Å². The lowest BCUT2D eigenvalue weighted by molar-refractivity contribution is -0.151. The van der Waals surface area contributed by atoms with Gasteiger partial charge in [0, 0.05) is 20.0 Å². The van der Waals surface area contributed by atoms with Crippen molar-refractivity contribution in [3.63, 3.8) is 0 Å². The Labute approximate surface area is 187 Å². The van der Waals surface area contributed by atoms with Crippen LogP contribution in [0.2, 0.25) is 0 Å². The number of unbranched alkanes of at least 4 members (excludes halogenated alkanes) is 4. The number of hydrogen-bond donors (Lipinski definition) is 2. The highest BCUT2D eigenvalue weighted by molar-refractivity contribution is 5.69. The molecule has 0 unspecified atom stereocenters. The third-order valence-corrected chi connectivity index (χ3v) is 4.18. The van der Waals surface area contributed by atoms with E-state index in [4.69, 9.17) is 9.84 Å². The molecule has 0 heterocycles.